The molecule has 0 aliphatic rings. The van der Waals surface area contributed by atoms with Gasteiger partial charge in [-0.15, -0.1) is 9.76 Å². The first-order valence-corrected chi connectivity index (χ1v) is 3.84. The molecule has 0 heterocycles. The van der Waals surface area contributed by atoms with Gasteiger partial charge in [0.2, 0.25) is 0 Å². The van der Waals surface area contributed by atoms with E-state index in [1.54, 1.807) is 0 Å². The molecule has 0 atom stereocenters. The van der Waals surface area contributed by atoms with Crippen LogP contribution < -0.4 is 5.48 Å². The lowest BCUT2D eigenvalue weighted by molar-refractivity contribution is -0.780. The standard InChI is InChI=1S/C6H13NO2S/c1-2-3-4-5-6(8)7-9-10/h10H,2-5H2,1H3,(H,7,8)/p+1. The first kappa shape index (κ1) is 9.94. The predicted molar refractivity (Wildman–Crippen MR) is 41.1 cm³/mol. The lowest BCUT2D eigenvalue weighted by Gasteiger charge is -1.93. The second-order valence-corrected chi connectivity index (χ2v) is 2.36. The minimum absolute atomic E-state index is 0.0171. The summed E-state index contributed by atoms with van der Waals surface area (Å²) >= 11 is 3.43. The van der Waals surface area contributed by atoms with Gasteiger partial charge in [-0.3, -0.25) is 0 Å². The van der Waals surface area contributed by atoms with Crippen LogP contribution in [0.4, 0.5) is 0 Å². The molecule has 0 aliphatic carbocycles. The van der Waals surface area contributed by atoms with E-state index < -0.39 is 0 Å². The monoisotopic (exact) mass is 164 g/mol. The highest BCUT2D eigenvalue weighted by molar-refractivity contribution is 7.74. The van der Waals surface area contributed by atoms with Gasteiger partial charge in [0.05, 0.1) is 6.42 Å². The summed E-state index contributed by atoms with van der Waals surface area (Å²) < 4.78 is 4.25. The summed E-state index contributed by atoms with van der Waals surface area (Å²) in [7, 11) is 0. The number of hydrogen-bond acceptors (Lipinski definition) is 3. The van der Waals surface area contributed by atoms with Crippen molar-refractivity contribution in [2.75, 3.05) is 0 Å². The van der Waals surface area contributed by atoms with Gasteiger partial charge in [-0.05, 0) is 6.42 Å². The lowest BCUT2D eigenvalue weighted by atomic mass is 10.2. The van der Waals surface area contributed by atoms with E-state index in [1.165, 1.54) is 0 Å². The quantitative estimate of drug-likeness (QED) is 0.268. The number of carbonyl (C=O) groups excluding carboxylic acids is 1. The van der Waals surface area contributed by atoms with Crippen LogP contribution in [0.1, 0.15) is 32.6 Å². The second kappa shape index (κ2) is 7.05. The summed E-state index contributed by atoms with van der Waals surface area (Å²) in [5.74, 6) is 0.0171. The Morgan fingerprint density at radius 2 is 2.30 bits per heavy atom. The minimum Gasteiger partial charge on any atom is -0.228 e. The van der Waals surface area contributed by atoms with Crippen LogP contribution in [0, 0.1) is 0 Å². The summed E-state index contributed by atoms with van der Waals surface area (Å²) in [6, 6.07) is 0. The number of hydrogen-bond donors (Lipinski definition) is 2. The van der Waals surface area contributed by atoms with Gasteiger partial charge in [-0.25, -0.2) is 4.79 Å². The number of nitrogens with two attached hydrogens (primary N) is 1. The number of hydroxylamine groups is 1. The third kappa shape index (κ3) is 6.07. The number of carbonyl (C=O) groups is 1. The topological polar surface area (TPSA) is 42.9 Å². The number of thiol groups is 1. The van der Waals surface area contributed by atoms with Crippen molar-refractivity contribution in [1.82, 2.24) is 0 Å². The van der Waals surface area contributed by atoms with Crippen LogP contribution in [-0.2, 0) is 9.08 Å². The molecule has 0 fully saturated rings. The molecule has 0 bridgehead atoms. The highest BCUT2D eigenvalue weighted by atomic mass is 32.1. The molecule has 10 heavy (non-hydrogen) atoms. The fraction of sp³-hybridized carbons (Fsp3) is 0.833. The number of amides is 1. The van der Waals surface area contributed by atoms with Crippen molar-refractivity contribution in [2.45, 2.75) is 32.6 Å². The maximum atomic E-state index is 10.7. The van der Waals surface area contributed by atoms with Crippen LogP contribution in [0.2, 0.25) is 0 Å². The van der Waals surface area contributed by atoms with E-state index in [9.17, 15) is 4.79 Å². The zero-order chi connectivity index (χ0) is 7.82. The van der Waals surface area contributed by atoms with Crippen molar-refractivity contribution in [1.29, 1.82) is 0 Å². The van der Waals surface area contributed by atoms with E-state index in [-0.39, 0.29) is 5.91 Å². The smallest absolute Gasteiger partial charge is 0.228 e. The third-order valence-corrected chi connectivity index (χ3v) is 1.32. The van der Waals surface area contributed by atoms with Crippen LogP contribution in [0.25, 0.3) is 0 Å². The van der Waals surface area contributed by atoms with Crippen molar-refractivity contribution >= 4 is 18.8 Å². The van der Waals surface area contributed by atoms with Crippen LogP contribution >= 0.6 is 12.9 Å². The van der Waals surface area contributed by atoms with Crippen molar-refractivity contribution in [2.24, 2.45) is 0 Å². The fourth-order valence-electron chi connectivity index (χ4n) is 0.667. The Balaban J connectivity index is 3.05. The normalized spacial score (nSPS) is 9.80. The number of unbranched alkanes of at least 4 members (excludes halogenated alkanes) is 2. The summed E-state index contributed by atoms with van der Waals surface area (Å²) in [5, 5.41) is 0. The summed E-state index contributed by atoms with van der Waals surface area (Å²) in [6.07, 6.45) is 3.76. The Bertz CT molecular complexity index is 97.7. The summed E-state index contributed by atoms with van der Waals surface area (Å²) in [4.78, 5) is 10.7. The Morgan fingerprint density at radius 1 is 1.60 bits per heavy atom. The molecule has 2 N–H and O–H groups in total. The van der Waals surface area contributed by atoms with Crippen molar-refractivity contribution in [3.8, 4) is 0 Å². The molecule has 60 valence electrons. The maximum Gasteiger partial charge on any atom is 0.343 e. The van der Waals surface area contributed by atoms with Crippen LogP contribution in [0.5, 0.6) is 0 Å². The second-order valence-electron chi connectivity index (χ2n) is 2.15. The van der Waals surface area contributed by atoms with Gasteiger partial charge in [0.25, 0.3) is 0 Å². The average molecular weight is 164 g/mol. The molecule has 0 radical (unpaired) electrons. The Kier molecular flexibility index (Phi) is 7.01. The van der Waals surface area contributed by atoms with Gasteiger partial charge in [0, 0.05) is 12.9 Å². The number of rotatable bonds is 5. The molecule has 0 unspecified atom stereocenters. The van der Waals surface area contributed by atoms with Crippen LogP contribution in [-0.4, -0.2) is 5.91 Å². The molecule has 0 aromatic heterocycles. The molecule has 0 aromatic rings. The van der Waals surface area contributed by atoms with E-state index in [0.717, 1.165) is 24.7 Å². The molecule has 0 aliphatic heterocycles. The van der Waals surface area contributed by atoms with E-state index >= 15 is 0 Å². The number of quaternary nitrogens is 1. The van der Waals surface area contributed by atoms with Gasteiger partial charge in [-0.1, -0.05) is 19.8 Å². The highest BCUT2D eigenvalue weighted by Gasteiger charge is 2.03. The highest BCUT2D eigenvalue weighted by Crippen LogP contribution is 1.96. The third-order valence-electron chi connectivity index (χ3n) is 1.21. The van der Waals surface area contributed by atoms with Crippen molar-refractivity contribution in [3.63, 3.8) is 0 Å². The largest absolute Gasteiger partial charge is 0.343 e. The van der Waals surface area contributed by atoms with Gasteiger partial charge in [0.1, 0.15) is 0 Å². The van der Waals surface area contributed by atoms with Crippen LogP contribution in [0.3, 0.4) is 0 Å². The SMILES string of the molecule is CCCCCC(=O)[NH2+]OS. The zero-order valence-electron chi connectivity index (χ0n) is 6.17. The lowest BCUT2D eigenvalue weighted by Crippen LogP contribution is -2.85. The molecular formula is C6H14NO2S+. The van der Waals surface area contributed by atoms with Gasteiger partial charge in [0.15, 0.2) is 0 Å². The van der Waals surface area contributed by atoms with E-state index in [0.29, 0.717) is 6.42 Å². The van der Waals surface area contributed by atoms with Gasteiger partial charge < -0.3 is 0 Å². The van der Waals surface area contributed by atoms with Crippen molar-refractivity contribution in [3.05, 3.63) is 0 Å². The van der Waals surface area contributed by atoms with E-state index in [4.69, 9.17) is 0 Å². The van der Waals surface area contributed by atoms with Gasteiger partial charge in [-0.2, -0.15) is 0 Å². The fourth-order valence-corrected chi connectivity index (χ4v) is 0.785. The Labute approximate surface area is 66.7 Å². The molecule has 1 amide bonds. The molecular weight excluding hydrogens is 150 g/mol. The Morgan fingerprint density at radius 3 is 2.80 bits per heavy atom. The Hall–Kier alpha value is -0.0600. The van der Waals surface area contributed by atoms with Gasteiger partial charge >= 0.3 is 5.91 Å². The van der Waals surface area contributed by atoms with E-state index in [1.807, 2.05) is 0 Å². The molecule has 0 saturated carbocycles. The van der Waals surface area contributed by atoms with Crippen LogP contribution in [0.15, 0.2) is 0 Å². The van der Waals surface area contributed by atoms with Crippen molar-refractivity contribution < 1.29 is 14.6 Å². The summed E-state index contributed by atoms with van der Waals surface area (Å²) in [6.45, 7) is 2.10. The minimum atomic E-state index is 0.0171. The number of primary amides is 1. The molecule has 4 heteroatoms. The first-order chi connectivity index (χ1) is 4.81. The maximum absolute atomic E-state index is 10.7. The van der Waals surface area contributed by atoms with E-state index in [2.05, 4.69) is 24.1 Å². The molecule has 0 rings (SSSR count). The molecule has 0 aromatic carbocycles. The first-order valence-electron chi connectivity index (χ1n) is 3.47. The predicted octanol–water partition coefficient (Wildman–Crippen LogP) is 0.433. The molecule has 0 spiro atoms. The molecule has 3 nitrogen and oxygen atoms in total. The molecule has 0 saturated heterocycles. The average Bonchev–Trinajstić information content (AvgIpc) is 1.89. The zero-order valence-corrected chi connectivity index (χ0v) is 7.06. The summed E-state index contributed by atoms with van der Waals surface area (Å²) in [5.41, 5.74) is 1.14.